The Bertz CT molecular complexity index is 1500. The maximum absolute atomic E-state index is 8.50. The molecule has 1 aromatic heterocycles. The van der Waals surface area contributed by atoms with E-state index in [9.17, 15) is 0 Å². The summed E-state index contributed by atoms with van der Waals surface area (Å²) in [6.45, 7) is -6.09. The molecule has 1 heterocycles. The summed E-state index contributed by atoms with van der Waals surface area (Å²) in [5.74, 6) is -2.77. The lowest BCUT2D eigenvalue weighted by Crippen LogP contribution is -1.91. The molecule has 0 saturated heterocycles. The molecule has 1 heteroatoms. The highest BCUT2D eigenvalue weighted by Crippen LogP contribution is 2.36. The zero-order chi connectivity index (χ0) is 24.3. The second kappa shape index (κ2) is 6.21. The number of fused-ring (bicyclic) bond motifs is 6. The van der Waals surface area contributed by atoms with Gasteiger partial charge in [0.05, 0.1) is 5.69 Å². The first kappa shape index (κ1) is 10.2. The van der Waals surface area contributed by atoms with Crippen molar-refractivity contribution in [1.82, 2.24) is 4.98 Å². The SMILES string of the molecule is [2H]C([2H])([2H])C([2H])(c1ccnc(-c2ccc3c4ccccc4c4ccccc4c3c2)c1)C([2H])([2H])[2H]. The summed E-state index contributed by atoms with van der Waals surface area (Å²) in [4.78, 5) is 4.39. The molecule has 0 aliphatic rings. The number of rotatable bonds is 2. The third-order valence-corrected chi connectivity index (χ3v) is 5.09. The predicted octanol–water partition coefficient (Wildman–Crippen LogP) is 7.33. The Hall–Kier alpha value is -3.19. The number of aromatic nitrogens is 1. The molecule has 0 bridgehead atoms. The molecule has 1 nitrogen and oxygen atoms in total. The Morgan fingerprint density at radius 1 is 0.704 bits per heavy atom. The van der Waals surface area contributed by atoms with Gasteiger partial charge in [-0.05, 0) is 62.0 Å². The Balaban J connectivity index is 1.76. The average Bonchev–Trinajstić information content (AvgIpc) is 2.82. The third kappa shape index (κ3) is 2.59. The van der Waals surface area contributed by atoms with Crippen molar-refractivity contribution < 1.29 is 9.60 Å². The van der Waals surface area contributed by atoms with Gasteiger partial charge in [0.25, 0.3) is 0 Å². The van der Waals surface area contributed by atoms with Gasteiger partial charge >= 0.3 is 0 Å². The zero-order valence-electron chi connectivity index (χ0n) is 21.5. The van der Waals surface area contributed by atoms with Gasteiger partial charge in [0.15, 0.2) is 0 Å². The molecule has 4 aromatic carbocycles. The molecule has 5 rings (SSSR count). The van der Waals surface area contributed by atoms with Gasteiger partial charge < -0.3 is 0 Å². The highest BCUT2D eigenvalue weighted by Gasteiger charge is 2.10. The predicted molar refractivity (Wildman–Crippen MR) is 116 cm³/mol. The zero-order valence-corrected chi connectivity index (χ0v) is 14.5. The molecular formula is C26H21N. The Morgan fingerprint density at radius 2 is 1.30 bits per heavy atom. The van der Waals surface area contributed by atoms with Crippen molar-refractivity contribution >= 4 is 32.3 Å². The third-order valence-electron chi connectivity index (χ3n) is 5.09. The van der Waals surface area contributed by atoms with Crippen LogP contribution in [0.2, 0.25) is 0 Å². The van der Waals surface area contributed by atoms with Crippen LogP contribution >= 0.6 is 0 Å². The standard InChI is InChI=1S/C26H21N/c1-17(2)18-13-14-27-26(16-18)19-11-12-24-22-9-4-3-7-20(22)21-8-5-6-10-23(21)25(24)15-19/h3-17H,1-2H3/i1D3,2D3,17D. The molecule has 0 spiro atoms. The smallest absolute Gasteiger partial charge is 0.0705 e. The summed E-state index contributed by atoms with van der Waals surface area (Å²) in [6.07, 6.45) is 1.37. The fourth-order valence-corrected chi connectivity index (χ4v) is 3.81. The lowest BCUT2D eigenvalue weighted by Gasteiger charge is -2.12. The van der Waals surface area contributed by atoms with E-state index in [2.05, 4.69) is 29.2 Å². The van der Waals surface area contributed by atoms with Crippen LogP contribution in [0.15, 0.2) is 85.1 Å². The van der Waals surface area contributed by atoms with Crippen LogP contribution in [0.3, 0.4) is 0 Å². The van der Waals surface area contributed by atoms with Crippen molar-refractivity contribution in [3.8, 4) is 11.3 Å². The number of benzene rings is 4. The molecule has 0 unspecified atom stereocenters. The number of hydrogen-bond acceptors (Lipinski definition) is 1. The minimum Gasteiger partial charge on any atom is -0.256 e. The average molecular weight is 355 g/mol. The summed E-state index contributed by atoms with van der Waals surface area (Å²) in [5.41, 5.74) is 1.02. The van der Waals surface area contributed by atoms with Crippen LogP contribution in [0.1, 0.15) is 34.8 Å². The van der Waals surface area contributed by atoms with E-state index < -0.39 is 19.6 Å². The molecule has 130 valence electrons. The highest BCUT2D eigenvalue weighted by atomic mass is 14.7. The normalized spacial score (nSPS) is 16.8. The van der Waals surface area contributed by atoms with Crippen molar-refractivity contribution in [2.45, 2.75) is 19.6 Å². The van der Waals surface area contributed by atoms with Crippen molar-refractivity contribution in [2.24, 2.45) is 0 Å². The fourth-order valence-electron chi connectivity index (χ4n) is 3.81. The van der Waals surface area contributed by atoms with Gasteiger partial charge in [-0.2, -0.15) is 0 Å². The van der Waals surface area contributed by atoms with Crippen LogP contribution in [0.25, 0.3) is 43.6 Å². The minimum absolute atomic E-state index is 0.110. The van der Waals surface area contributed by atoms with Gasteiger partial charge in [-0.25, -0.2) is 0 Å². The lowest BCUT2D eigenvalue weighted by molar-refractivity contribution is 0.864. The molecule has 27 heavy (non-hydrogen) atoms. The van der Waals surface area contributed by atoms with Crippen molar-refractivity contribution in [2.75, 3.05) is 0 Å². The van der Waals surface area contributed by atoms with E-state index in [-0.39, 0.29) is 5.56 Å². The van der Waals surface area contributed by atoms with E-state index in [0.29, 0.717) is 11.3 Å². The van der Waals surface area contributed by atoms with Crippen LogP contribution in [-0.2, 0) is 0 Å². The maximum atomic E-state index is 8.50. The Kier molecular flexibility index (Phi) is 2.35. The molecule has 0 fully saturated rings. The molecule has 0 N–H and O–H groups in total. The van der Waals surface area contributed by atoms with Crippen LogP contribution in [0, 0.1) is 0 Å². The first-order valence-corrected chi connectivity index (χ1v) is 8.82. The van der Waals surface area contributed by atoms with E-state index >= 15 is 0 Å². The van der Waals surface area contributed by atoms with Gasteiger partial charge in [-0.1, -0.05) is 74.4 Å². The van der Waals surface area contributed by atoms with E-state index in [1.807, 2.05) is 42.5 Å². The van der Waals surface area contributed by atoms with E-state index in [0.717, 1.165) is 32.3 Å². The number of pyridine rings is 1. The van der Waals surface area contributed by atoms with E-state index in [1.54, 1.807) is 0 Å². The van der Waals surface area contributed by atoms with Crippen molar-refractivity contribution in [1.29, 1.82) is 0 Å². The summed E-state index contributed by atoms with van der Waals surface area (Å²) in [7, 11) is 0. The molecule has 0 aliphatic heterocycles. The summed E-state index contributed by atoms with van der Waals surface area (Å²) in [6, 6.07) is 25.0. The highest BCUT2D eigenvalue weighted by molar-refractivity contribution is 6.25. The monoisotopic (exact) mass is 354 g/mol. The fraction of sp³-hybridized carbons (Fsp3) is 0.115. The summed E-state index contributed by atoms with van der Waals surface area (Å²) in [5, 5.41) is 6.58. The van der Waals surface area contributed by atoms with Crippen LogP contribution in [-0.4, -0.2) is 4.98 Å². The molecule has 0 aliphatic carbocycles. The van der Waals surface area contributed by atoms with Gasteiger partial charge in [0.2, 0.25) is 0 Å². The first-order chi connectivity index (χ1) is 16.0. The summed E-state index contributed by atoms with van der Waals surface area (Å²) >= 11 is 0. The molecule has 0 saturated carbocycles. The molecule has 5 aromatic rings. The van der Waals surface area contributed by atoms with E-state index in [1.165, 1.54) is 18.3 Å². The first-order valence-electron chi connectivity index (χ1n) is 12.3. The largest absolute Gasteiger partial charge is 0.256 e. The summed E-state index contributed by atoms with van der Waals surface area (Å²) < 4.78 is 55.3. The topological polar surface area (TPSA) is 12.9 Å². The van der Waals surface area contributed by atoms with Gasteiger partial charge in [-0.15, -0.1) is 0 Å². The molecule has 0 amide bonds. The van der Waals surface area contributed by atoms with Gasteiger partial charge in [-0.3, -0.25) is 4.98 Å². The van der Waals surface area contributed by atoms with Crippen molar-refractivity contribution in [3.63, 3.8) is 0 Å². The number of nitrogens with zero attached hydrogens (tertiary/aromatic N) is 1. The number of hydrogen-bond donors (Lipinski definition) is 0. The van der Waals surface area contributed by atoms with E-state index in [4.69, 9.17) is 9.60 Å². The van der Waals surface area contributed by atoms with Gasteiger partial charge in [0.1, 0.15) is 0 Å². The van der Waals surface area contributed by atoms with Crippen LogP contribution in [0.4, 0.5) is 0 Å². The second-order valence-corrected chi connectivity index (χ2v) is 6.66. The van der Waals surface area contributed by atoms with Gasteiger partial charge in [0, 0.05) is 21.4 Å². The molecular weight excluding hydrogens is 326 g/mol. The van der Waals surface area contributed by atoms with Crippen LogP contribution < -0.4 is 0 Å². The van der Waals surface area contributed by atoms with Crippen LogP contribution in [0.5, 0.6) is 0 Å². The second-order valence-electron chi connectivity index (χ2n) is 6.66. The Morgan fingerprint density at radius 3 is 1.93 bits per heavy atom. The maximum Gasteiger partial charge on any atom is 0.0705 e. The quantitative estimate of drug-likeness (QED) is 0.302. The minimum atomic E-state index is -3.05. The molecule has 0 radical (unpaired) electrons. The lowest BCUT2D eigenvalue weighted by atomic mass is 9.92. The van der Waals surface area contributed by atoms with Crippen molar-refractivity contribution in [3.05, 3.63) is 90.6 Å². The molecule has 0 atom stereocenters. The Labute approximate surface area is 169 Å².